The standard InChI is InChI=1S/C15H17FN2O2S/c1-11-2-7-15(14(17)10-11)21(19,20)18-9-8-12-3-5-13(16)6-4-12/h2-7,10,18H,8-9,17H2,1H3. The molecule has 0 atom stereocenters. The van der Waals surface area contributed by atoms with Gasteiger partial charge in [0.1, 0.15) is 10.7 Å². The number of nitrogens with one attached hydrogen (secondary N) is 1. The summed E-state index contributed by atoms with van der Waals surface area (Å²) in [5.41, 5.74) is 7.73. The SMILES string of the molecule is Cc1ccc(S(=O)(=O)NCCc2ccc(F)cc2)c(N)c1. The van der Waals surface area contributed by atoms with Crippen molar-refractivity contribution in [3.63, 3.8) is 0 Å². The molecular formula is C15H17FN2O2S. The Bertz CT molecular complexity index is 728. The maximum Gasteiger partial charge on any atom is 0.242 e. The zero-order valence-electron chi connectivity index (χ0n) is 11.6. The Morgan fingerprint density at radius 2 is 1.81 bits per heavy atom. The Morgan fingerprint density at radius 3 is 2.43 bits per heavy atom. The molecule has 0 bridgehead atoms. The summed E-state index contributed by atoms with van der Waals surface area (Å²) in [4.78, 5) is 0.0761. The highest BCUT2D eigenvalue weighted by atomic mass is 32.2. The van der Waals surface area contributed by atoms with Crippen LogP contribution in [-0.4, -0.2) is 15.0 Å². The summed E-state index contributed by atoms with van der Waals surface area (Å²) in [7, 11) is -3.64. The number of nitrogen functional groups attached to an aromatic ring is 1. The van der Waals surface area contributed by atoms with Gasteiger partial charge in [0.05, 0.1) is 5.69 Å². The topological polar surface area (TPSA) is 72.2 Å². The van der Waals surface area contributed by atoms with Crippen molar-refractivity contribution in [3.05, 3.63) is 59.4 Å². The Hall–Kier alpha value is -1.92. The van der Waals surface area contributed by atoms with E-state index in [1.807, 2.05) is 6.92 Å². The van der Waals surface area contributed by atoms with Crippen molar-refractivity contribution in [2.45, 2.75) is 18.2 Å². The molecule has 3 N–H and O–H groups in total. The summed E-state index contributed by atoms with van der Waals surface area (Å²) in [5.74, 6) is -0.313. The maximum atomic E-state index is 12.8. The van der Waals surface area contributed by atoms with Crippen LogP contribution in [-0.2, 0) is 16.4 Å². The predicted octanol–water partition coefficient (Wildman–Crippen LogP) is 2.24. The molecule has 0 aliphatic rings. The number of hydrogen-bond acceptors (Lipinski definition) is 3. The van der Waals surface area contributed by atoms with Crippen LogP contribution >= 0.6 is 0 Å². The molecule has 0 spiro atoms. The molecule has 0 amide bonds. The first-order valence-electron chi connectivity index (χ1n) is 6.49. The van der Waals surface area contributed by atoms with Gasteiger partial charge in [0.15, 0.2) is 0 Å². The van der Waals surface area contributed by atoms with Crippen LogP contribution in [0.15, 0.2) is 47.4 Å². The molecule has 2 rings (SSSR count). The summed E-state index contributed by atoms with van der Waals surface area (Å²) in [5, 5.41) is 0. The van der Waals surface area contributed by atoms with Gasteiger partial charge >= 0.3 is 0 Å². The zero-order valence-corrected chi connectivity index (χ0v) is 12.5. The van der Waals surface area contributed by atoms with Gasteiger partial charge in [-0.3, -0.25) is 0 Å². The average molecular weight is 308 g/mol. The highest BCUT2D eigenvalue weighted by Crippen LogP contribution is 2.19. The van der Waals surface area contributed by atoms with E-state index in [0.717, 1.165) is 11.1 Å². The van der Waals surface area contributed by atoms with Gasteiger partial charge in [0.25, 0.3) is 0 Å². The molecule has 0 fully saturated rings. The lowest BCUT2D eigenvalue weighted by Crippen LogP contribution is -2.26. The quantitative estimate of drug-likeness (QED) is 0.832. The number of hydrogen-bond donors (Lipinski definition) is 2. The molecule has 2 aromatic rings. The van der Waals surface area contributed by atoms with Crippen LogP contribution in [0.1, 0.15) is 11.1 Å². The van der Waals surface area contributed by atoms with Gasteiger partial charge < -0.3 is 5.73 Å². The molecule has 0 unspecified atom stereocenters. The van der Waals surface area contributed by atoms with E-state index in [9.17, 15) is 12.8 Å². The number of sulfonamides is 1. The first-order chi connectivity index (χ1) is 9.88. The number of rotatable bonds is 5. The first-order valence-corrected chi connectivity index (χ1v) is 7.97. The molecule has 0 saturated carbocycles. The number of anilines is 1. The molecular weight excluding hydrogens is 291 g/mol. The van der Waals surface area contributed by atoms with Crippen LogP contribution in [0.2, 0.25) is 0 Å². The molecule has 0 aliphatic carbocycles. The van der Waals surface area contributed by atoms with Crippen LogP contribution in [0.3, 0.4) is 0 Å². The lowest BCUT2D eigenvalue weighted by Gasteiger charge is -2.09. The molecule has 4 nitrogen and oxygen atoms in total. The van der Waals surface area contributed by atoms with E-state index < -0.39 is 10.0 Å². The molecule has 21 heavy (non-hydrogen) atoms. The van der Waals surface area contributed by atoms with E-state index in [1.54, 1.807) is 24.3 Å². The van der Waals surface area contributed by atoms with E-state index in [2.05, 4.69) is 4.72 Å². The van der Waals surface area contributed by atoms with Crippen LogP contribution in [0, 0.1) is 12.7 Å². The third-order valence-corrected chi connectivity index (χ3v) is 4.61. The van der Waals surface area contributed by atoms with Gasteiger partial charge in [-0.1, -0.05) is 18.2 Å². The van der Waals surface area contributed by atoms with Gasteiger partial charge in [-0.15, -0.1) is 0 Å². The molecule has 0 aromatic heterocycles. The molecule has 0 aliphatic heterocycles. The van der Waals surface area contributed by atoms with Gasteiger partial charge in [0.2, 0.25) is 10.0 Å². The lowest BCUT2D eigenvalue weighted by molar-refractivity contribution is 0.582. The maximum absolute atomic E-state index is 12.8. The second-order valence-electron chi connectivity index (χ2n) is 4.82. The predicted molar refractivity (Wildman–Crippen MR) is 80.9 cm³/mol. The lowest BCUT2D eigenvalue weighted by atomic mass is 10.1. The smallest absolute Gasteiger partial charge is 0.242 e. The van der Waals surface area contributed by atoms with E-state index in [1.165, 1.54) is 18.2 Å². The third kappa shape index (κ3) is 4.03. The molecule has 2 aromatic carbocycles. The Labute approximate surface area is 123 Å². The molecule has 112 valence electrons. The van der Waals surface area contributed by atoms with E-state index in [4.69, 9.17) is 5.73 Å². The summed E-state index contributed by atoms with van der Waals surface area (Å²) in [6, 6.07) is 10.8. The van der Waals surface area contributed by atoms with Crippen LogP contribution in [0.5, 0.6) is 0 Å². The first kappa shape index (κ1) is 15.5. The highest BCUT2D eigenvalue weighted by molar-refractivity contribution is 7.89. The summed E-state index contributed by atoms with van der Waals surface area (Å²) >= 11 is 0. The Morgan fingerprint density at radius 1 is 1.14 bits per heavy atom. The Balaban J connectivity index is 2.03. The summed E-state index contributed by atoms with van der Waals surface area (Å²) in [6.07, 6.45) is 0.477. The van der Waals surface area contributed by atoms with E-state index in [0.29, 0.717) is 6.42 Å². The summed E-state index contributed by atoms with van der Waals surface area (Å²) in [6.45, 7) is 2.07. The second kappa shape index (κ2) is 6.24. The van der Waals surface area contributed by atoms with Gasteiger partial charge in [0, 0.05) is 6.54 Å². The van der Waals surface area contributed by atoms with E-state index in [-0.39, 0.29) is 22.9 Å². The normalized spacial score (nSPS) is 11.5. The second-order valence-corrected chi connectivity index (χ2v) is 6.55. The van der Waals surface area contributed by atoms with E-state index >= 15 is 0 Å². The van der Waals surface area contributed by atoms with Gasteiger partial charge in [-0.05, 0) is 48.7 Å². The molecule has 0 heterocycles. The van der Waals surface area contributed by atoms with Crippen LogP contribution in [0.4, 0.5) is 10.1 Å². The van der Waals surface area contributed by atoms with Crippen molar-refractivity contribution >= 4 is 15.7 Å². The van der Waals surface area contributed by atoms with Crippen molar-refractivity contribution < 1.29 is 12.8 Å². The average Bonchev–Trinajstić information content (AvgIpc) is 2.40. The van der Waals surface area contributed by atoms with Gasteiger partial charge in [-0.2, -0.15) is 0 Å². The highest BCUT2D eigenvalue weighted by Gasteiger charge is 2.16. The fourth-order valence-electron chi connectivity index (χ4n) is 1.97. The van der Waals surface area contributed by atoms with Crippen LogP contribution in [0.25, 0.3) is 0 Å². The minimum atomic E-state index is -3.64. The number of halogens is 1. The number of nitrogens with two attached hydrogens (primary N) is 1. The third-order valence-electron chi connectivity index (χ3n) is 3.07. The fraction of sp³-hybridized carbons (Fsp3) is 0.200. The minimum Gasteiger partial charge on any atom is -0.398 e. The molecule has 6 heteroatoms. The number of aryl methyl sites for hydroxylation is 1. The molecule has 0 saturated heterocycles. The zero-order chi connectivity index (χ0) is 15.5. The molecule has 0 radical (unpaired) electrons. The van der Waals surface area contributed by atoms with Gasteiger partial charge in [-0.25, -0.2) is 17.5 Å². The Kier molecular flexibility index (Phi) is 4.59. The van der Waals surface area contributed by atoms with Crippen molar-refractivity contribution in [2.24, 2.45) is 0 Å². The van der Waals surface area contributed by atoms with Crippen molar-refractivity contribution in [2.75, 3.05) is 12.3 Å². The van der Waals surface area contributed by atoms with Crippen molar-refractivity contribution in [3.8, 4) is 0 Å². The minimum absolute atomic E-state index is 0.0761. The van der Waals surface area contributed by atoms with Crippen LogP contribution < -0.4 is 10.5 Å². The fourth-order valence-corrected chi connectivity index (χ4v) is 3.11. The summed E-state index contributed by atoms with van der Waals surface area (Å²) < 4.78 is 39.6. The van der Waals surface area contributed by atoms with Crippen molar-refractivity contribution in [1.29, 1.82) is 0 Å². The van der Waals surface area contributed by atoms with Crippen molar-refractivity contribution in [1.82, 2.24) is 4.72 Å². The monoisotopic (exact) mass is 308 g/mol. The largest absolute Gasteiger partial charge is 0.398 e. The number of benzene rings is 2.